The van der Waals surface area contributed by atoms with Crippen molar-refractivity contribution in [3.63, 3.8) is 0 Å². The van der Waals surface area contributed by atoms with E-state index in [1.54, 1.807) is 20.8 Å². The molecular formula is C17H17F3N2O3S. The van der Waals surface area contributed by atoms with E-state index in [1.165, 1.54) is 18.2 Å². The van der Waals surface area contributed by atoms with Crippen molar-refractivity contribution in [2.24, 2.45) is 0 Å². The van der Waals surface area contributed by atoms with E-state index in [0.29, 0.717) is 6.07 Å². The van der Waals surface area contributed by atoms with Crippen molar-refractivity contribution in [2.45, 2.75) is 31.2 Å². The third-order valence-electron chi connectivity index (χ3n) is 3.17. The Morgan fingerprint density at radius 2 is 1.65 bits per heavy atom. The van der Waals surface area contributed by atoms with Gasteiger partial charge < -0.3 is 5.32 Å². The fourth-order valence-corrected chi connectivity index (χ4v) is 3.13. The monoisotopic (exact) mass is 386 g/mol. The molecule has 2 N–H and O–H groups in total. The van der Waals surface area contributed by atoms with E-state index in [-0.39, 0.29) is 10.5 Å². The van der Waals surface area contributed by atoms with Crippen LogP contribution in [0.4, 0.5) is 18.9 Å². The molecule has 0 fully saturated rings. The number of rotatable bonds is 4. The van der Waals surface area contributed by atoms with Gasteiger partial charge in [0.2, 0.25) is 0 Å². The molecule has 0 unspecified atom stereocenters. The molecular weight excluding hydrogens is 369 g/mol. The van der Waals surface area contributed by atoms with E-state index < -0.39 is 44.6 Å². The molecule has 2 rings (SSSR count). The zero-order chi connectivity index (χ0) is 19.7. The summed E-state index contributed by atoms with van der Waals surface area (Å²) < 4.78 is 66.5. The Labute approximate surface area is 149 Å². The third-order valence-corrected chi connectivity index (χ3v) is 4.54. The van der Waals surface area contributed by atoms with Crippen molar-refractivity contribution < 1.29 is 26.4 Å². The molecule has 2 aromatic carbocycles. The van der Waals surface area contributed by atoms with Gasteiger partial charge in [0.25, 0.3) is 15.9 Å². The maximum absolute atomic E-state index is 13.7. The predicted octanol–water partition coefficient (Wildman–Crippen LogP) is 3.43. The Hall–Kier alpha value is -2.55. The van der Waals surface area contributed by atoms with Crippen LogP contribution in [0.25, 0.3) is 0 Å². The molecule has 0 aromatic heterocycles. The zero-order valence-electron chi connectivity index (χ0n) is 14.2. The summed E-state index contributed by atoms with van der Waals surface area (Å²) >= 11 is 0. The first-order chi connectivity index (χ1) is 11.9. The quantitative estimate of drug-likeness (QED) is 0.791. The molecule has 0 saturated carbocycles. The van der Waals surface area contributed by atoms with Crippen LogP contribution >= 0.6 is 0 Å². The molecule has 26 heavy (non-hydrogen) atoms. The van der Waals surface area contributed by atoms with E-state index in [9.17, 15) is 26.4 Å². The van der Waals surface area contributed by atoms with Crippen molar-refractivity contribution in [3.05, 3.63) is 59.4 Å². The Kier molecular flexibility index (Phi) is 5.31. The van der Waals surface area contributed by atoms with Gasteiger partial charge in [0, 0.05) is 11.1 Å². The van der Waals surface area contributed by atoms with Crippen LogP contribution in [-0.2, 0) is 10.0 Å². The minimum atomic E-state index is -4.32. The molecule has 5 nitrogen and oxygen atoms in total. The van der Waals surface area contributed by atoms with Crippen LogP contribution in [0, 0.1) is 17.5 Å². The maximum atomic E-state index is 13.7. The van der Waals surface area contributed by atoms with Gasteiger partial charge in [-0.05, 0) is 51.1 Å². The van der Waals surface area contributed by atoms with Crippen molar-refractivity contribution >= 4 is 21.6 Å². The highest BCUT2D eigenvalue weighted by atomic mass is 32.2. The minimum Gasteiger partial charge on any atom is -0.347 e. The zero-order valence-corrected chi connectivity index (χ0v) is 15.0. The van der Waals surface area contributed by atoms with Gasteiger partial charge in [-0.3, -0.25) is 9.52 Å². The molecule has 0 heterocycles. The normalized spacial score (nSPS) is 11.9. The number of anilines is 1. The van der Waals surface area contributed by atoms with E-state index >= 15 is 0 Å². The summed E-state index contributed by atoms with van der Waals surface area (Å²) in [5.74, 6) is -5.38. The first-order valence-electron chi connectivity index (χ1n) is 7.49. The number of hydrogen-bond acceptors (Lipinski definition) is 3. The highest BCUT2D eigenvalue weighted by Crippen LogP contribution is 2.23. The predicted molar refractivity (Wildman–Crippen MR) is 90.8 cm³/mol. The van der Waals surface area contributed by atoms with Crippen LogP contribution in [0.15, 0.2) is 41.3 Å². The molecule has 0 aliphatic carbocycles. The van der Waals surface area contributed by atoms with Gasteiger partial charge in [-0.2, -0.15) is 0 Å². The molecule has 0 spiro atoms. The van der Waals surface area contributed by atoms with Crippen molar-refractivity contribution in [1.82, 2.24) is 5.32 Å². The number of sulfonamides is 1. The number of nitrogens with one attached hydrogen (secondary N) is 2. The van der Waals surface area contributed by atoms with Crippen molar-refractivity contribution in [3.8, 4) is 0 Å². The topological polar surface area (TPSA) is 75.3 Å². The second-order valence-corrected chi connectivity index (χ2v) is 8.24. The lowest BCUT2D eigenvalue weighted by Gasteiger charge is -2.20. The first-order valence-corrected chi connectivity index (χ1v) is 8.98. The van der Waals surface area contributed by atoms with Crippen LogP contribution in [0.1, 0.15) is 31.1 Å². The second kappa shape index (κ2) is 6.99. The van der Waals surface area contributed by atoms with Gasteiger partial charge in [-0.15, -0.1) is 0 Å². The molecule has 1 amide bonds. The number of benzene rings is 2. The van der Waals surface area contributed by atoms with Gasteiger partial charge in [0.15, 0.2) is 17.5 Å². The number of hydrogen-bond donors (Lipinski definition) is 2. The minimum absolute atomic E-state index is 0.0774. The molecule has 2 aromatic rings. The fourth-order valence-electron chi connectivity index (χ4n) is 2.03. The molecule has 0 saturated heterocycles. The highest BCUT2D eigenvalue weighted by molar-refractivity contribution is 7.92. The van der Waals surface area contributed by atoms with Gasteiger partial charge in [-0.25, -0.2) is 21.6 Å². The van der Waals surface area contributed by atoms with E-state index in [1.807, 2.05) is 4.72 Å². The number of amides is 1. The SMILES string of the molecule is CC(C)(C)NC(=O)c1cccc(S(=O)(=O)Nc2ccc(F)c(F)c2F)c1. The van der Waals surface area contributed by atoms with Gasteiger partial charge in [-0.1, -0.05) is 6.07 Å². The van der Waals surface area contributed by atoms with E-state index in [4.69, 9.17) is 0 Å². The second-order valence-electron chi connectivity index (χ2n) is 6.56. The summed E-state index contributed by atoms with van der Waals surface area (Å²) in [4.78, 5) is 11.8. The number of carbonyl (C=O) groups excluding carboxylic acids is 1. The average Bonchev–Trinajstić information content (AvgIpc) is 2.54. The smallest absolute Gasteiger partial charge is 0.262 e. The lowest BCUT2D eigenvalue weighted by molar-refractivity contribution is 0.0919. The largest absolute Gasteiger partial charge is 0.347 e. The molecule has 0 bridgehead atoms. The summed E-state index contributed by atoms with van der Waals surface area (Å²) in [7, 11) is -4.32. The van der Waals surface area contributed by atoms with Gasteiger partial charge in [0.05, 0.1) is 10.6 Å². The van der Waals surface area contributed by atoms with Crippen LogP contribution < -0.4 is 10.0 Å². The molecule has 140 valence electrons. The Balaban J connectivity index is 2.34. The first kappa shape index (κ1) is 19.8. The summed E-state index contributed by atoms with van der Waals surface area (Å²) in [5, 5.41) is 2.68. The average molecular weight is 386 g/mol. The number of halogens is 3. The molecule has 0 aliphatic rings. The molecule has 0 atom stereocenters. The summed E-state index contributed by atoms with van der Waals surface area (Å²) in [6, 6.07) is 6.41. The summed E-state index contributed by atoms with van der Waals surface area (Å²) in [5.41, 5.74) is -1.19. The highest BCUT2D eigenvalue weighted by Gasteiger charge is 2.22. The maximum Gasteiger partial charge on any atom is 0.262 e. The Morgan fingerprint density at radius 1 is 1.00 bits per heavy atom. The van der Waals surface area contributed by atoms with Crippen LogP contribution in [-0.4, -0.2) is 19.9 Å². The van der Waals surface area contributed by atoms with E-state index in [0.717, 1.165) is 12.1 Å². The fraction of sp³-hybridized carbons (Fsp3) is 0.235. The Morgan fingerprint density at radius 3 is 2.27 bits per heavy atom. The number of carbonyl (C=O) groups is 1. The van der Waals surface area contributed by atoms with Crippen LogP contribution in [0.2, 0.25) is 0 Å². The van der Waals surface area contributed by atoms with Crippen LogP contribution in [0.5, 0.6) is 0 Å². The third kappa shape index (κ3) is 4.54. The molecule has 0 radical (unpaired) electrons. The summed E-state index contributed by atoms with van der Waals surface area (Å²) in [6.45, 7) is 5.29. The lowest BCUT2D eigenvalue weighted by atomic mass is 10.1. The van der Waals surface area contributed by atoms with E-state index in [2.05, 4.69) is 5.32 Å². The standard InChI is InChI=1S/C17H17F3N2O3S/c1-17(2,3)21-16(23)10-5-4-6-11(9-10)26(24,25)22-13-8-7-12(18)14(19)15(13)20/h4-9,22H,1-3H3,(H,21,23). The lowest BCUT2D eigenvalue weighted by Crippen LogP contribution is -2.40. The van der Waals surface area contributed by atoms with Gasteiger partial charge >= 0.3 is 0 Å². The molecule has 9 heteroatoms. The van der Waals surface area contributed by atoms with Crippen molar-refractivity contribution in [2.75, 3.05) is 4.72 Å². The Bertz CT molecular complexity index is 954. The van der Waals surface area contributed by atoms with Crippen LogP contribution in [0.3, 0.4) is 0 Å². The molecule has 0 aliphatic heterocycles. The van der Waals surface area contributed by atoms with Gasteiger partial charge in [0.1, 0.15) is 0 Å². The summed E-state index contributed by atoms with van der Waals surface area (Å²) in [6.07, 6.45) is 0. The van der Waals surface area contributed by atoms with Crippen molar-refractivity contribution in [1.29, 1.82) is 0 Å².